The summed E-state index contributed by atoms with van der Waals surface area (Å²) in [5.41, 5.74) is 6.06. The minimum Gasteiger partial charge on any atom is -0.452 e. The van der Waals surface area contributed by atoms with Gasteiger partial charge in [0.25, 0.3) is 5.91 Å². The highest BCUT2D eigenvalue weighted by Gasteiger charge is 2.23. The predicted molar refractivity (Wildman–Crippen MR) is 122 cm³/mol. The van der Waals surface area contributed by atoms with Crippen molar-refractivity contribution in [3.8, 4) is 0 Å². The van der Waals surface area contributed by atoms with Crippen molar-refractivity contribution in [2.24, 2.45) is 0 Å². The zero-order valence-corrected chi connectivity index (χ0v) is 18.2. The molecule has 2 aromatic carbocycles. The highest BCUT2D eigenvalue weighted by atomic mass is 16.5. The van der Waals surface area contributed by atoms with Crippen LogP contribution in [0.1, 0.15) is 58.4 Å². The molecule has 1 heterocycles. The maximum Gasteiger partial charge on any atom is 0.339 e. The molecule has 0 saturated heterocycles. The van der Waals surface area contributed by atoms with Gasteiger partial charge in [-0.15, -0.1) is 0 Å². The van der Waals surface area contributed by atoms with Crippen LogP contribution in [0.3, 0.4) is 0 Å². The SMILES string of the molecule is Cc1cccc(C)c1NC(=O)COC(=O)c1c2c(nc3ccccc13)CCCCCC2. The summed E-state index contributed by atoms with van der Waals surface area (Å²) >= 11 is 0. The molecule has 0 bridgehead atoms. The first kappa shape index (κ1) is 21.0. The number of hydrogen-bond donors (Lipinski definition) is 1. The van der Waals surface area contributed by atoms with Crippen molar-refractivity contribution in [2.45, 2.75) is 52.4 Å². The van der Waals surface area contributed by atoms with Crippen LogP contribution in [0.5, 0.6) is 0 Å². The first-order chi connectivity index (χ1) is 15.0. The van der Waals surface area contributed by atoms with Gasteiger partial charge in [-0.3, -0.25) is 9.78 Å². The largest absolute Gasteiger partial charge is 0.452 e. The number of nitrogens with one attached hydrogen (secondary N) is 1. The molecule has 0 spiro atoms. The molecule has 5 heteroatoms. The maximum atomic E-state index is 13.2. The lowest BCUT2D eigenvalue weighted by Gasteiger charge is -2.18. The Hall–Kier alpha value is -3.21. The molecule has 0 unspecified atom stereocenters. The Bertz CT molecular complexity index is 1120. The Labute approximate surface area is 182 Å². The lowest BCUT2D eigenvalue weighted by Crippen LogP contribution is -2.23. The molecule has 5 nitrogen and oxygen atoms in total. The Morgan fingerprint density at radius 2 is 1.65 bits per heavy atom. The van der Waals surface area contributed by atoms with Gasteiger partial charge in [0.2, 0.25) is 0 Å². The third-order valence-corrected chi connectivity index (χ3v) is 5.95. The number of rotatable bonds is 4. The fourth-order valence-corrected chi connectivity index (χ4v) is 4.35. The second kappa shape index (κ2) is 9.29. The van der Waals surface area contributed by atoms with Crippen molar-refractivity contribution in [3.05, 3.63) is 70.4 Å². The van der Waals surface area contributed by atoms with E-state index in [4.69, 9.17) is 9.72 Å². The fourth-order valence-electron chi connectivity index (χ4n) is 4.35. The summed E-state index contributed by atoms with van der Waals surface area (Å²) in [6.45, 7) is 3.56. The van der Waals surface area contributed by atoms with Crippen LogP contribution in [0, 0.1) is 13.8 Å². The monoisotopic (exact) mass is 416 g/mol. The Balaban J connectivity index is 1.58. The molecule has 0 atom stereocenters. The highest BCUT2D eigenvalue weighted by Crippen LogP contribution is 2.29. The summed E-state index contributed by atoms with van der Waals surface area (Å²) in [5.74, 6) is -0.793. The summed E-state index contributed by atoms with van der Waals surface area (Å²) in [6.07, 6.45) is 6.12. The standard InChI is InChI=1S/C26H28N2O3/c1-17-10-9-11-18(2)25(17)28-23(29)16-31-26(30)24-19-12-5-3-4-6-14-21(19)27-22-15-8-7-13-20(22)24/h7-11,13,15H,3-6,12,14,16H2,1-2H3,(H,28,29). The molecule has 1 aliphatic rings. The Morgan fingerprint density at radius 3 is 2.42 bits per heavy atom. The molecular weight excluding hydrogens is 388 g/mol. The molecule has 0 aliphatic heterocycles. The van der Waals surface area contributed by atoms with E-state index >= 15 is 0 Å². The van der Waals surface area contributed by atoms with Gasteiger partial charge in [0.15, 0.2) is 6.61 Å². The summed E-state index contributed by atoms with van der Waals surface area (Å²) in [7, 11) is 0. The topological polar surface area (TPSA) is 68.3 Å². The van der Waals surface area contributed by atoms with E-state index < -0.39 is 5.97 Å². The van der Waals surface area contributed by atoms with Gasteiger partial charge in [-0.2, -0.15) is 0 Å². The molecule has 0 fully saturated rings. The van der Waals surface area contributed by atoms with Crippen molar-refractivity contribution in [2.75, 3.05) is 11.9 Å². The molecule has 3 aromatic rings. The lowest BCUT2D eigenvalue weighted by molar-refractivity contribution is -0.119. The van der Waals surface area contributed by atoms with Crippen LogP contribution in [-0.4, -0.2) is 23.5 Å². The summed E-state index contributed by atoms with van der Waals surface area (Å²) in [6, 6.07) is 13.5. The normalized spacial score (nSPS) is 13.7. The van der Waals surface area contributed by atoms with Crippen molar-refractivity contribution < 1.29 is 14.3 Å². The van der Waals surface area contributed by atoms with Crippen molar-refractivity contribution >= 4 is 28.5 Å². The third-order valence-electron chi connectivity index (χ3n) is 5.95. The minimum absolute atomic E-state index is 0.321. The van der Waals surface area contributed by atoms with Gasteiger partial charge in [0, 0.05) is 16.8 Å². The molecule has 0 saturated carbocycles. The lowest BCUT2D eigenvalue weighted by atomic mass is 9.91. The smallest absolute Gasteiger partial charge is 0.339 e. The maximum absolute atomic E-state index is 13.2. The Morgan fingerprint density at radius 1 is 0.935 bits per heavy atom. The number of para-hydroxylation sites is 2. The number of fused-ring (bicyclic) bond motifs is 2. The van der Waals surface area contributed by atoms with Gasteiger partial charge >= 0.3 is 5.97 Å². The number of nitrogens with zero attached hydrogens (tertiary/aromatic N) is 1. The molecule has 1 amide bonds. The number of amides is 1. The third kappa shape index (κ3) is 4.61. The first-order valence-corrected chi connectivity index (χ1v) is 11.0. The number of carbonyl (C=O) groups is 2. The number of aryl methyl sites for hydroxylation is 3. The highest BCUT2D eigenvalue weighted by molar-refractivity contribution is 6.06. The van der Waals surface area contributed by atoms with Crippen LogP contribution in [0.2, 0.25) is 0 Å². The van der Waals surface area contributed by atoms with E-state index in [1.807, 2.05) is 56.3 Å². The van der Waals surface area contributed by atoms with Crippen LogP contribution in [-0.2, 0) is 22.4 Å². The molecular formula is C26H28N2O3. The van der Waals surface area contributed by atoms with E-state index in [2.05, 4.69) is 5.32 Å². The van der Waals surface area contributed by atoms with Gasteiger partial charge in [0.1, 0.15) is 0 Å². The number of hydrogen-bond acceptors (Lipinski definition) is 4. The van der Waals surface area contributed by atoms with E-state index in [9.17, 15) is 9.59 Å². The molecule has 1 aliphatic carbocycles. The minimum atomic E-state index is -0.452. The summed E-state index contributed by atoms with van der Waals surface area (Å²) in [4.78, 5) is 30.5. The van der Waals surface area contributed by atoms with Crippen LogP contribution in [0.15, 0.2) is 42.5 Å². The Kier molecular flexibility index (Phi) is 6.31. The molecule has 4 rings (SSSR count). The number of benzene rings is 2. The number of esters is 1. The van der Waals surface area contributed by atoms with E-state index in [-0.39, 0.29) is 12.5 Å². The fraction of sp³-hybridized carbons (Fsp3) is 0.346. The van der Waals surface area contributed by atoms with Gasteiger partial charge in [-0.25, -0.2) is 4.79 Å². The van der Waals surface area contributed by atoms with Crippen LogP contribution in [0.4, 0.5) is 5.69 Å². The quantitative estimate of drug-likeness (QED) is 0.586. The number of carbonyl (C=O) groups excluding carboxylic acids is 2. The van der Waals surface area contributed by atoms with Gasteiger partial charge < -0.3 is 10.1 Å². The first-order valence-electron chi connectivity index (χ1n) is 11.0. The second-order valence-electron chi connectivity index (χ2n) is 8.23. The van der Waals surface area contributed by atoms with Gasteiger partial charge in [0.05, 0.1) is 11.1 Å². The molecule has 1 aromatic heterocycles. The van der Waals surface area contributed by atoms with Crippen LogP contribution < -0.4 is 5.32 Å². The van der Waals surface area contributed by atoms with E-state index in [0.717, 1.165) is 71.1 Å². The van der Waals surface area contributed by atoms with Crippen molar-refractivity contribution in [1.29, 1.82) is 0 Å². The van der Waals surface area contributed by atoms with E-state index in [1.165, 1.54) is 6.42 Å². The number of anilines is 1. The van der Waals surface area contributed by atoms with E-state index in [1.54, 1.807) is 0 Å². The molecule has 31 heavy (non-hydrogen) atoms. The van der Waals surface area contributed by atoms with Crippen molar-refractivity contribution in [1.82, 2.24) is 4.98 Å². The average Bonchev–Trinajstić information content (AvgIpc) is 2.74. The molecule has 160 valence electrons. The number of aromatic nitrogens is 1. The number of pyridine rings is 1. The van der Waals surface area contributed by atoms with Crippen molar-refractivity contribution in [3.63, 3.8) is 0 Å². The summed E-state index contributed by atoms with van der Waals surface area (Å²) in [5, 5.41) is 3.67. The van der Waals surface area contributed by atoms with E-state index in [0.29, 0.717) is 5.56 Å². The molecule has 1 N–H and O–H groups in total. The predicted octanol–water partition coefficient (Wildman–Crippen LogP) is 5.31. The van der Waals surface area contributed by atoms with Crippen LogP contribution in [0.25, 0.3) is 10.9 Å². The van der Waals surface area contributed by atoms with Gasteiger partial charge in [-0.1, -0.05) is 49.2 Å². The second-order valence-corrected chi connectivity index (χ2v) is 8.23. The zero-order valence-electron chi connectivity index (χ0n) is 18.2. The summed E-state index contributed by atoms with van der Waals surface area (Å²) < 4.78 is 5.51. The van der Waals surface area contributed by atoms with Crippen LogP contribution >= 0.6 is 0 Å². The van der Waals surface area contributed by atoms with Gasteiger partial charge in [-0.05, 0) is 62.3 Å². The molecule has 0 radical (unpaired) electrons. The average molecular weight is 417 g/mol. The zero-order chi connectivity index (χ0) is 21.8. The number of ether oxygens (including phenoxy) is 1.